The van der Waals surface area contributed by atoms with E-state index in [9.17, 15) is 14.0 Å². The summed E-state index contributed by atoms with van der Waals surface area (Å²) in [6.07, 6.45) is -0.333. The number of rotatable bonds is 3. The Morgan fingerprint density at radius 3 is 2.46 bits per heavy atom. The average Bonchev–Trinajstić information content (AvgIpc) is 2.98. The summed E-state index contributed by atoms with van der Waals surface area (Å²) in [5.74, 6) is -0.633. The van der Waals surface area contributed by atoms with E-state index >= 15 is 0 Å². The van der Waals surface area contributed by atoms with Gasteiger partial charge in [0.05, 0.1) is 12.0 Å². The smallest absolute Gasteiger partial charge is 0.339 e. The standard InChI is InChI=1S/C20H19FN2O3/c21-14-5-7-15(8-6-14)22-9-11-23(12-10-22)19(24)13-18-16-3-1-2-4-17(16)20(25)26-18/h1-8,18H,9-13H2/t18-/m1/s1. The van der Waals surface area contributed by atoms with E-state index in [0.717, 1.165) is 11.3 Å². The Hall–Kier alpha value is -2.89. The molecule has 2 heterocycles. The Labute approximate surface area is 151 Å². The zero-order valence-corrected chi connectivity index (χ0v) is 14.2. The fraction of sp³-hybridized carbons (Fsp3) is 0.300. The second-order valence-electron chi connectivity index (χ2n) is 6.53. The predicted molar refractivity (Wildman–Crippen MR) is 94.4 cm³/mol. The van der Waals surface area contributed by atoms with Crippen molar-refractivity contribution in [2.75, 3.05) is 31.1 Å². The summed E-state index contributed by atoms with van der Waals surface area (Å²) in [5.41, 5.74) is 2.29. The quantitative estimate of drug-likeness (QED) is 0.796. The number of hydrogen-bond donors (Lipinski definition) is 0. The molecule has 2 aliphatic rings. The lowest BCUT2D eigenvalue weighted by Crippen LogP contribution is -2.49. The zero-order valence-electron chi connectivity index (χ0n) is 14.2. The number of piperazine rings is 1. The van der Waals surface area contributed by atoms with Gasteiger partial charge in [-0.1, -0.05) is 18.2 Å². The monoisotopic (exact) mass is 354 g/mol. The second kappa shape index (κ2) is 6.78. The fourth-order valence-corrected chi connectivity index (χ4v) is 3.53. The lowest BCUT2D eigenvalue weighted by atomic mass is 10.0. The minimum atomic E-state index is -0.499. The average molecular weight is 354 g/mol. The first-order chi connectivity index (χ1) is 12.6. The number of hydrogen-bond acceptors (Lipinski definition) is 4. The van der Waals surface area contributed by atoms with Crippen LogP contribution in [0.2, 0.25) is 0 Å². The molecule has 0 bridgehead atoms. The third-order valence-corrected chi connectivity index (χ3v) is 4.96. The molecule has 0 radical (unpaired) electrons. The summed E-state index contributed by atoms with van der Waals surface area (Å²) in [7, 11) is 0. The summed E-state index contributed by atoms with van der Waals surface area (Å²) in [6.45, 7) is 2.58. The summed E-state index contributed by atoms with van der Waals surface area (Å²) in [5, 5.41) is 0. The van der Waals surface area contributed by atoms with Crippen molar-refractivity contribution in [1.82, 2.24) is 4.90 Å². The minimum Gasteiger partial charge on any atom is -0.453 e. The van der Waals surface area contributed by atoms with E-state index in [0.29, 0.717) is 31.7 Å². The highest BCUT2D eigenvalue weighted by Crippen LogP contribution is 2.33. The number of fused-ring (bicyclic) bond motifs is 1. The molecule has 1 amide bonds. The van der Waals surface area contributed by atoms with Gasteiger partial charge >= 0.3 is 5.97 Å². The molecule has 0 spiro atoms. The van der Waals surface area contributed by atoms with Crippen LogP contribution in [0.5, 0.6) is 0 Å². The van der Waals surface area contributed by atoms with Gasteiger partial charge in [0.1, 0.15) is 11.9 Å². The number of cyclic esters (lactones) is 1. The molecule has 4 rings (SSSR count). The van der Waals surface area contributed by atoms with Crippen LogP contribution in [0.15, 0.2) is 48.5 Å². The van der Waals surface area contributed by atoms with Gasteiger partial charge in [0.15, 0.2) is 0 Å². The van der Waals surface area contributed by atoms with Gasteiger partial charge in [-0.25, -0.2) is 9.18 Å². The third kappa shape index (κ3) is 3.14. The van der Waals surface area contributed by atoms with Crippen molar-refractivity contribution < 1.29 is 18.7 Å². The van der Waals surface area contributed by atoms with Crippen molar-refractivity contribution >= 4 is 17.6 Å². The van der Waals surface area contributed by atoms with E-state index in [4.69, 9.17) is 4.74 Å². The SMILES string of the molecule is O=C1O[C@H](CC(=O)N2CCN(c3ccc(F)cc3)CC2)c2ccccc21. The van der Waals surface area contributed by atoms with Gasteiger partial charge in [-0.15, -0.1) is 0 Å². The molecule has 0 aliphatic carbocycles. The molecule has 2 aliphatic heterocycles. The van der Waals surface area contributed by atoms with Crippen LogP contribution in [-0.2, 0) is 9.53 Å². The number of carbonyl (C=O) groups is 2. The van der Waals surface area contributed by atoms with Gasteiger partial charge in [0.2, 0.25) is 5.91 Å². The molecule has 26 heavy (non-hydrogen) atoms. The van der Waals surface area contributed by atoms with Crippen LogP contribution in [0.3, 0.4) is 0 Å². The Morgan fingerprint density at radius 2 is 1.73 bits per heavy atom. The molecular weight excluding hydrogens is 335 g/mol. The molecule has 0 aromatic heterocycles. The number of ether oxygens (including phenoxy) is 1. The summed E-state index contributed by atoms with van der Waals surface area (Å²) >= 11 is 0. The van der Waals surface area contributed by atoms with E-state index in [1.807, 2.05) is 12.1 Å². The number of nitrogens with zero attached hydrogens (tertiary/aromatic N) is 2. The van der Waals surface area contributed by atoms with Crippen molar-refractivity contribution in [3.8, 4) is 0 Å². The number of halogens is 1. The number of amides is 1. The van der Waals surface area contributed by atoms with Gasteiger partial charge < -0.3 is 14.5 Å². The van der Waals surface area contributed by atoms with Crippen LogP contribution in [-0.4, -0.2) is 43.0 Å². The molecule has 0 saturated carbocycles. The molecule has 1 saturated heterocycles. The largest absolute Gasteiger partial charge is 0.453 e. The van der Waals surface area contributed by atoms with Crippen LogP contribution < -0.4 is 4.90 Å². The highest BCUT2D eigenvalue weighted by Gasteiger charge is 2.33. The van der Waals surface area contributed by atoms with E-state index in [-0.39, 0.29) is 24.1 Å². The van der Waals surface area contributed by atoms with Gasteiger partial charge in [-0.2, -0.15) is 0 Å². The molecular formula is C20H19FN2O3. The summed E-state index contributed by atoms with van der Waals surface area (Å²) in [4.78, 5) is 28.4. The lowest BCUT2D eigenvalue weighted by molar-refractivity contribution is -0.133. The molecule has 1 fully saturated rings. The van der Waals surface area contributed by atoms with Crippen molar-refractivity contribution in [1.29, 1.82) is 0 Å². The molecule has 6 heteroatoms. The Morgan fingerprint density at radius 1 is 1.04 bits per heavy atom. The molecule has 1 atom stereocenters. The molecule has 2 aromatic rings. The van der Waals surface area contributed by atoms with Crippen molar-refractivity contribution in [3.63, 3.8) is 0 Å². The minimum absolute atomic E-state index is 0.0155. The van der Waals surface area contributed by atoms with E-state index < -0.39 is 6.10 Å². The summed E-state index contributed by atoms with van der Waals surface area (Å²) in [6, 6.07) is 13.6. The molecule has 2 aromatic carbocycles. The lowest BCUT2D eigenvalue weighted by Gasteiger charge is -2.36. The maximum atomic E-state index is 13.0. The Bertz CT molecular complexity index is 829. The maximum Gasteiger partial charge on any atom is 0.339 e. The first-order valence-electron chi connectivity index (χ1n) is 8.70. The Kier molecular flexibility index (Phi) is 4.32. The highest BCUT2D eigenvalue weighted by molar-refractivity contribution is 5.94. The van der Waals surface area contributed by atoms with Crippen molar-refractivity contribution in [3.05, 3.63) is 65.5 Å². The molecule has 0 unspecified atom stereocenters. The topological polar surface area (TPSA) is 49.9 Å². The first kappa shape index (κ1) is 16.6. The normalized spacial score (nSPS) is 19.3. The van der Waals surface area contributed by atoms with E-state index in [1.54, 1.807) is 29.2 Å². The summed E-state index contributed by atoms with van der Waals surface area (Å²) < 4.78 is 18.4. The number of benzene rings is 2. The first-order valence-corrected chi connectivity index (χ1v) is 8.70. The highest BCUT2D eigenvalue weighted by atomic mass is 19.1. The number of esters is 1. The van der Waals surface area contributed by atoms with Gasteiger partial charge in [0.25, 0.3) is 0 Å². The van der Waals surface area contributed by atoms with Crippen LogP contribution in [0.4, 0.5) is 10.1 Å². The van der Waals surface area contributed by atoms with Crippen molar-refractivity contribution in [2.45, 2.75) is 12.5 Å². The van der Waals surface area contributed by atoms with E-state index in [2.05, 4.69) is 4.90 Å². The number of anilines is 1. The van der Waals surface area contributed by atoms with Crippen LogP contribution >= 0.6 is 0 Å². The third-order valence-electron chi connectivity index (χ3n) is 4.96. The molecule has 134 valence electrons. The maximum absolute atomic E-state index is 13.0. The van der Waals surface area contributed by atoms with Crippen molar-refractivity contribution in [2.24, 2.45) is 0 Å². The number of carbonyl (C=O) groups excluding carboxylic acids is 2. The zero-order chi connectivity index (χ0) is 18.1. The van der Waals surface area contributed by atoms with Gasteiger partial charge in [-0.05, 0) is 30.3 Å². The second-order valence-corrected chi connectivity index (χ2v) is 6.53. The van der Waals surface area contributed by atoms with Gasteiger partial charge in [0, 0.05) is 37.4 Å². The van der Waals surface area contributed by atoms with Crippen LogP contribution in [0.25, 0.3) is 0 Å². The van der Waals surface area contributed by atoms with Crippen LogP contribution in [0, 0.1) is 5.82 Å². The van der Waals surface area contributed by atoms with E-state index in [1.165, 1.54) is 12.1 Å². The Balaban J connectivity index is 1.36. The molecule has 0 N–H and O–H groups in total. The fourth-order valence-electron chi connectivity index (χ4n) is 3.53. The van der Waals surface area contributed by atoms with Gasteiger partial charge in [-0.3, -0.25) is 4.79 Å². The molecule has 5 nitrogen and oxygen atoms in total. The predicted octanol–water partition coefficient (Wildman–Crippen LogP) is 2.78. The van der Waals surface area contributed by atoms with Crippen LogP contribution in [0.1, 0.15) is 28.4 Å².